The summed E-state index contributed by atoms with van der Waals surface area (Å²) in [6.45, 7) is 6.08. The van der Waals surface area contributed by atoms with Gasteiger partial charge in [0.15, 0.2) is 0 Å². The molecule has 0 saturated carbocycles. The molecule has 140 valence electrons. The van der Waals surface area contributed by atoms with E-state index in [0.29, 0.717) is 25.3 Å². The monoisotopic (exact) mass is 365 g/mol. The fraction of sp³-hybridized carbons (Fsp3) is 0.286. The number of carbonyl (C=O) groups excluding carboxylic acids is 1. The number of ether oxygens (including phenoxy) is 1. The van der Waals surface area contributed by atoms with E-state index in [9.17, 15) is 4.79 Å². The summed E-state index contributed by atoms with van der Waals surface area (Å²) in [5, 5.41) is 6.85. The number of carbonyl (C=O) groups is 1. The molecule has 1 aromatic carbocycles. The number of hydrogen-bond acceptors (Lipinski definition) is 5. The van der Waals surface area contributed by atoms with E-state index in [-0.39, 0.29) is 5.91 Å². The number of rotatable bonds is 7. The van der Waals surface area contributed by atoms with Gasteiger partial charge >= 0.3 is 0 Å². The van der Waals surface area contributed by atoms with Gasteiger partial charge in [-0.05, 0) is 44.9 Å². The van der Waals surface area contributed by atoms with E-state index in [4.69, 9.17) is 9.26 Å². The van der Waals surface area contributed by atoms with E-state index in [0.717, 1.165) is 33.9 Å². The lowest BCUT2D eigenvalue weighted by Crippen LogP contribution is -2.23. The average Bonchev–Trinajstić information content (AvgIpc) is 2.99. The number of aryl methyl sites for hydroxylation is 3. The van der Waals surface area contributed by atoms with Crippen molar-refractivity contribution in [2.24, 2.45) is 0 Å². The van der Waals surface area contributed by atoms with Gasteiger partial charge in [-0.15, -0.1) is 0 Å². The van der Waals surface area contributed by atoms with Gasteiger partial charge in [0.05, 0.1) is 5.69 Å². The third-order valence-corrected chi connectivity index (χ3v) is 4.41. The maximum atomic E-state index is 12.2. The number of aromatic nitrogens is 2. The zero-order valence-electron chi connectivity index (χ0n) is 15.8. The van der Waals surface area contributed by atoms with Crippen molar-refractivity contribution in [2.45, 2.75) is 40.2 Å². The van der Waals surface area contributed by atoms with E-state index in [1.807, 2.05) is 57.2 Å². The Balaban J connectivity index is 1.59. The number of nitrogens with zero attached hydrogens (tertiary/aromatic N) is 2. The second kappa shape index (κ2) is 8.49. The minimum absolute atomic E-state index is 0.0410. The van der Waals surface area contributed by atoms with Crippen LogP contribution in [0.4, 0.5) is 0 Å². The Bertz CT molecular complexity index is 914. The van der Waals surface area contributed by atoms with Crippen molar-refractivity contribution in [1.29, 1.82) is 0 Å². The molecule has 1 amide bonds. The van der Waals surface area contributed by atoms with Gasteiger partial charge < -0.3 is 14.6 Å². The first kappa shape index (κ1) is 18.6. The molecule has 3 aromatic rings. The van der Waals surface area contributed by atoms with E-state index >= 15 is 0 Å². The molecule has 6 heteroatoms. The standard InChI is InChI=1S/C21H23N3O3/c1-14-7-4-5-9-19(14)26-21-17(8-6-12-22-21)13-23-20(25)11-10-18-15(2)24-27-16(18)3/h4-9,12H,10-11,13H2,1-3H3,(H,23,25). The molecule has 0 aliphatic heterocycles. The van der Waals surface area contributed by atoms with Gasteiger partial charge in [-0.1, -0.05) is 29.4 Å². The van der Waals surface area contributed by atoms with Crippen molar-refractivity contribution in [3.05, 3.63) is 70.7 Å². The van der Waals surface area contributed by atoms with Crippen LogP contribution in [0.25, 0.3) is 0 Å². The van der Waals surface area contributed by atoms with Gasteiger partial charge in [-0.2, -0.15) is 0 Å². The van der Waals surface area contributed by atoms with Crippen molar-refractivity contribution in [1.82, 2.24) is 15.5 Å². The predicted molar refractivity (Wildman–Crippen MR) is 102 cm³/mol. The van der Waals surface area contributed by atoms with Crippen LogP contribution in [-0.4, -0.2) is 16.0 Å². The molecule has 27 heavy (non-hydrogen) atoms. The van der Waals surface area contributed by atoms with Crippen molar-refractivity contribution < 1.29 is 14.1 Å². The SMILES string of the molecule is Cc1ccccc1Oc1ncccc1CNC(=O)CCc1c(C)noc1C. The third kappa shape index (κ3) is 4.73. The molecule has 1 N–H and O–H groups in total. The Morgan fingerprint density at radius 2 is 1.96 bits per heavy atom. The van der Waals surface area contributed by atoms with Crippen molar-refractivity contribution in [3.63, 3.8) is 0 Å². The molecule has 0 unspecified atom stereocenters. The Morgan fingerprint density at radius 1 is 1.15 bits per heavy atom. The quantitative estimate of drug-likeness (QED) is 0.684. The van der Waals surface area contributed by atoms with Crippen LogP contribution < -0.4 is 10.1 Å². The third-order valence-electron chi connectivity index (χ3n) is 4.41. The van der Waals surface area contributed by atoms with Gasteiger partial charge in [-0.3, -0.25) is 4.79 Å². The second-order valence-corrected chi connectivity index (χ2v) is 6.41. The summed E-state index contributed by atoms with van der Waals surface area (Å²) in [6.07, 6.45) is 2.65. The van der Waals surface area contributed by atoms with Gasteiger partial charge in [0, 0.05) is 30.3 Å². The highest BCUT2D eigenvalue weighted by atomic mass is 16.5. The molecular weight excluding hydrogens is 342 g/mol. The highest BCUT2D eigenvalue weighted by molar-refractivity contribution is 5.76. The van der Waals surface area contributed by atoms with Gasteiger partial charge in [0.2, 0.25) is 11.8 Å². The highest BCUT2D eigenvalue weighted by Gasteiger charge is 2.12. The molecule has 2 aromatic heterocycles. The number of benzene rings is 1. The fourth-order valence-corrected chi connectivity index (χ4v) is 2.81. The number of hydrogen-bond donors (Lipinski definition) is 1. The molecule has 0 radical (unpaired) electrons. The Labute approximate surface area is 158 Å². The summed E-state index contributed by atoms with van der Waals surface area (Å²) in [7, 11) is 0. The van der Waals surface area contributed by atoms with Crippen LogP contribution in [0.1, 0.15) is 34.6 Å². The first-order valence-corrected chi connectivity index (χ1v) is 8.90. The summed E-state index contributed by atoms with van der Waals surface area (Å²) in [4.78, 5) is 16.5. The highest BCUT2D eigenvalue weighted by Crippen LogP contribution is 2.25. The second-order valence-electron chi connectivity index (χ2n) is 6.41. The van der Waals surface area contributed by atoms with Crippen LogP contribution in [-0.2, 0) is 17.8 Å². The Kier molecular flexibility index (Phi) is 5.86. The molecular formula is C21H23N3O3. The van der Waals surface area contributed by atoms with E-state index in [1.165, 1.54) is 0 Å². The van der Waals surface area contributed by atoms with Crippen LogP contribution >= 0.6 is 0 Å². The normalized spacial score (nSPS) is 10.6. The average molecular weight is 365 g/mol. The molecule has 0 aliphatic rings. The number of para-hydroxylation sites is 1. The largest absolute Gasteiger partial charge is 0.438 e. The summed E-state index contributed by atoms with van der Waals surface area (Å²) in [6, 6.07) is 11.5. The maximum Gasteiger partial charge on any atom is 0.224 e. The van der Waals surface area contributed by atoms with Crippen LogP contribution in [0.15, 0.2) is 47.1 Å². The van der Waals surface area contributed by atoms with Gasteiger partial charge in [-0.25, -0.2) is 4.98 Å². The number of pyridine rings is 1. The number of nitrogens with one attached hydrogen (secondary N) is 1. The molecule has 6 nitrogen and oxygen atoms in total. The molecule has 0 saturated heterocycles. The summed E-state index contributed by atoms with van der Waals surface area (Å²) < 4.78 is 11.1. The first-order chi connectivity index (χ1) is 13.0. The Morgan fingerprint density at radius 3 is 2.70 bits per heavy atom. The molecule has 3 rings (SSSR count). The van der Waals surface area contributed by atoms with E-state index in [2.05, 4.69) is 15.5 Å². The summed E-state index contributed by atoms with van der Waals surface area (Å²) in [5.41, 5.74) is 3.68. The number of amides is 1. The summed E-state index contributed by atoms with van der Waals surface area (Å²) in [5.74, 6) is 1.97. The molecule has 0 aliphatic carbocycles. The van der Waals surface area contributed by atoms with Crippen LogP contribution in [0, 0.1) is 20.8 Å². The first-order valence-electron chi connectivity index (χ1n) is 8.90. The van der Waals surface area contributed by atoms with Crippen LogP contribution in [0.3, 0.4) is 0 Å². The van der Waals surface area contributed by atoms with Crippen LogP contribution in [0.5, 0.6) is 11.6 Å². The topological polar surface area (TPSA) is 77.2 Å². The van der Waals surface area contributed by atoms with Gasteiger partial charge in [0.25, 0.3) is 0 Å². The maximum absolute atomic E-state index is 12.2. The van der Waals surface area contributed by atoms with E-state index < -0.39 is 0 Å². The van der Waals surface area contributed by atoms with Crippen LogP contribution in [0.2, 0.25) is 0 Å². The smallest absolute Gasteiger partial charge is 0.224 e. The zero-order chi connectivity index (χ0) is 19.2. The lowest BCUT2D eigenvalue weighted by molar-refractivity contribution is -0.121. The Hall–Kier alpha value is -3.15. The minimum Gasteiger partial charge on any atom is -0.438 e. The summed E-state index contributed by atoms with van der Waals surface area (Å²) >= 11 is 0. The molecule has 0 atom stereocenters. The molecule has 0 fully saturated rings. The molecule has 0 spiro atoms. The predicted octanol–water partition coefficient (Wildman–Crippen LogP) is 4.04. The van der Waals surface area contributed by atoms with Gasteiger partial charge in [0.1, 0.15) is 11.5 Å². The van der Waals surface area contributed by atoms with Crippen molar-refractivity contribution >= 4 is 5.91 Å². The molecule has 2 heterocycles. The zero-order valence-corrected chi connectivity index (χ0v) is 15.8. The minimum atomic E-state index is -0.0410. The van der Waals surface area contributed by atoms with E-state index in [1.54, 1.807) is 6.20 Å². The lowest BCUT2D eigenvalue weighted by Gasteiger charge is -2.12. The van der Waals surface area contributed by atoms with Crippen molar-refractivity contribution in [2.75, 3.05) is 0 Å². The fourth-order valence-electron chi connectivity index (χ4n) is 2.81. The van der Waals surface area contributed by atoms with Crippen molar-refractivity contribution in [3.8, 4) is 11.6 Å². The lowest BCUT2D eigenvalue weighted by atomic mass is 10.1. The molecule has 0 bridgehead atoms.